The molecule has 1 aliphatic rings. The van der Waals surface area contributed by atoms with E-state index in [4.69, 9.17) is 5.73 Å². The van der Waals surface area contributed by atoms with Gasteiger partial charge in [0.2, 0.25) is 5.91 Å². The van der Waals surface area contributed by atoms with Gasteiger partial charge in [-0.15, -0.1) is 0 Å². The molecule has 3 aromatic carbocycles. The zero-order chi connectivity index (χ0) is 21.0. The average molecular weight is 400 g/mol. The molecule has 4 heteroatoms. The molecule has 2 N–H and O–H groups in total. The maximum absolute atomic E-state index is 12.7. The Morgan fingerprint density at radius 3 is 1.80 bits per heavy atom. The van der Waals surface area contributed by atoms with Crippen LogP contribution in [0.3, 0.4) is 0 Å². The van der Waals surface area contributed by atoms with E-state index in [2.05, 4.69) is 77.4 Å². The van der Waals surface area contributed by atoms with Crippen LogP contribution in [-0.2, 0) is 11.3 Å². The Balaban J connectivity index is 1.61. The van der Waals surface area contributed by atoms with Crippen LogP contribution < -0.4 is 5.73 Å². The van der Waals surface area contributed by atoms with Gasteiger partial charge in [0.15, 0.2) is 0 Å². The molecule has 0 atom stereocenters. The van der Waals surface area contributed by atoms with E-state index in [-0.39, 0.29) is 11.9 Å². The van der Waals surface area contributed by atoms with Gasteiger partial charge in [-0.3, -0.25) is 14.6 Å². The summed E-state index contributed by atoms with van der Waals surface area (Å²) < 4.78 is 0. The Morgan fingerprint density at radius 1 is 0.900 bits per heavy atom. The van der Waals surface area contributed by atoms with Crippen LogP contribution in [0.4, 0.5) is 0 Å². The predicted octanol–water partition coefficient (Wildman–Crippen LogP) is 3.84. The molecule has 1 aliphatic heterocycles. The molecule has 0 aromatic heterocycles. The number of primary amides is 1. The highest BCUT2D eigenvalue weighted by atomic mass is 16.2. The lowest BCUT2D eigenvalue weighted by Crippen LogP contribution is -2.75. The molecule has 0 bridgehead atoms. The second-order valence-corrected chi connectivity index (χ2v) is 8.02. The summed E-state index contributed by atoms with van der Waals surface area (Å²) in [6.07, 6.45) is 0. The minimum atomic E-state index is -0.646. The summed E-state index contributed by atoms with van der Waals surface area (Å²) in [5.41, 5.74) is 9.00. The van der Waals surface area contributed by atoms with E-state index in [0.717, 1.165) is 13.1 Å². The second-order valence-electron chi connectivity index (χ2n) is 8.02. The molecule has 0 aliphatic carbocycles. The predicted molar refractivity (Wildman–Crippen MR) is 121 cm³/mol. The summed E-state index contributed by atoms with van der Waals surface area (Å²) >= 11 is 0. The van der Waals surface area contributed by atoms with E-state index in [0.29, 0.717) is 13.1 Å². The third-order valence-electron chi connectivity index (χ3n) is 6.19. The Hall–Kier alpha value is -2.95. The number of nitrogens with zero attached hydrogens (tertiary/aromatic N) is 2. The van der Waals surface area contributed by atoms with Crippen LogP contribution >= 0.6 is 0 Å². The minimum Gasteiger partial charge on any atom is -0.368 e. The standard InChI is InChI=1S/C26H29N3O/c1-2-29(18-21-12-6-3-7-13-21)26(25(27)30)19-28(20-26)24(22-14-8-4-9-15-22)23-16-10-5-11-17-23/h3-17,24H,2,18-20H2,1H3,(H2,27,30). The van der Waals surface area contributed by atoms with Crippen molar-refractivity contribution in [1.82, 2.24) is 9.80 Å². The van der Waals surface area contributed by atoms with Gasteiger partial charge in [-0.1, -0.05) is 97.9 Å². The van der Waals surface area contributed by atoms with Crippen molar-refractivity contribution in [2.75, 3.05) is 19.6 Å². The smallest absolute Gasteiger partial charge is 0.240 e. The maximum Gasteiger partial charge on any atom is 0.240 e. The van der Waals surface area contributed by atoms with Crippen molar-refractivity contribution in [3.8, 4) is 0 Å². The zero-order valence-corrected chi connectivity index (χ0v) is 17.4. The van der Waals surface area contributed by atoms with Crippen molar-refractivity contribution in [3.63, 3.8) is 0 Å². The Bertz CT molecular complexity index is 914. The van der Waals surface area contributed by atoms with Gasteiger partial charge in [-0.2, -0.15) is 0 Å². The quantitative estimate of drug-likeness (QED) is 0.626. The van der Waals surface area contributed by atoms with Gasteiger partial charge in [-0.25, -0.2) is 0 Å². The SMILES string of the molecule is CCN(Cc1ccccc1)C1(C(N)=O)CN(C(c2ccccc2)c2ccccc2)C1. The topological polar surface area (TPSA) is 49.6 Å². The van der Waals surface area contributed by atoms with Crippen LogP contribution in [0, 0.1) is 0 Å². The molecule has 0 radical (unpaired) electrons. The first-order chi connectivity index (χ1) is 14.6. The summed E-state index contributed by atoms with van der Waals surface area (Å²) in [6, 6.07) is 31.4. The highest BCUT2D eigenvalue weighted by Crippen LogP contribution is 2.39. The van der Waals surface area contributed by atoms with Crippen molar-refractivity contribution in [2.24, 2.45) is 5.73 Å². The van der Waals surface area contributed by atoms with Gasteiger partial charge < -0.3 is 5.73 Å². The number of nitrogens with two attached hydrogens (primary N) is 1. The summed E-state index contributed by atoms with van der Waals surface area (Å²) in [5.74, 6) is -0.239. The van der Waals surface area contributed by atoms with Gasteiger partial charge in [0.1, 0.15) is 5.54 Å². The molecule has 0 saturated carbocycles. The Kier molecular flexibility index (Phi) is 5.98. The van der Waals surface area contributed by atoms with E-state index in [1.54, 1.807) is 0 Å². The van der Waals surface area contributed by atoms with Crippen molar-refractivity contribution in [2.45, 2.75) is 25.0 Å². The van der Waals surface area contributed by atoms with Gasteiger partial charge >= 0.3 is 0 Å². The van der Waals surface area contributed by atoms with Crippen LogP contribution in [0.25, 0.3) is 0 Å². The van der Waals surface area contributed by atoms with E-state index < -0.39 is 5.54 Å². The van der Waals surface area contributed by atoms with Crippen LogP contribution in [0.1, 0.15) is 29.7 Å². The average Bonchev–Trinajstić information content (AvgIpc) is 2.76. The first-order valence-corrected chi connectivity index (χ1v) is 10.6. The second kappa shape index (κ2) is 8.82. The monoisotopic (exact) mass is 399 g/mol. The number of hydrogen-bond donors (Lipinski definition) is 1. The lowest BCUT2D eigenvalue weighted by atomic mass is 9.82. The van der Waals surface area contributed by atoms with Gasteiger partial charge in [-0.05, 0) is 23.2 Å². The summed E-state index contributed by atoms with van der Waals surface area (Å²) in [5, 5.41) is 0. The fraction of sp³-hybridized carbons (Fsp3) is 0.269. The number of benzene rings is 3. The zero-order valence-electron chi connectivity index (χ0n) is 17.4. The molecule has 30 heavy (non-hydrogen) atoms. The largest absolute Gasteiger partial charge is 0.368 e. The third kappa shape index (κ3) is 3.89. The summed E-state index contributed by atoms with van der Waals surface area (Å²) in [7, 11) is 0. The lowest BCUT2D eigenvalue weighted by Gasteiger charge is -2.56. The number of hydrogen-bond acceptors (Lipinski definition) is 3. The fourth-order valence-corrected chi connectivity index (χ4v) is 4.57. The number of amides is 1. The van der Waals surface area contributed by atoms with E-state index >= 15 is 0 Å². The Labute approximate surface area is 178 Å². The number of likely N-dealkylation sites (tertiary alicyclic amines) is 1. The van der Waals surface area contributed by atoms with E-state index in [1.807, 2.05) is 30.3 Å². The molecular weight excluding hydrogens is 370 g/mol. The molecule has 1 amide bonds. The number of carbonyl (C=O) groups excluding carboxylic acids is 1. The van der Waals surface area contributed by atoms with E-state index in [1.165, 1.54) is 16.7 Å². The van der Waals surface area contributed by atoms with Gasteiger partial charge in [0.05, 0.1) is 6.04 Å². The fourth-order valence-electron chi connectivity index (χ4n) is 4.57. The van der Waals surface area contributed by atoms with Crippen LogP contribution in [0.5, 0.6) is 0 Å². The van der Waals surface area contributed by atoms with Crippen LogP contribution in [0.2, 0.25) is 0 Å². The molecule has 3 aromatic rings. The molecular formula is C26H29N3O. The Morgan fingerprint density at radius 2 is 1.37 bits per heavy atom. The molecule has 1 fully saturated rings. The highest BCUT2D eigenvalue weighted by Gasteiger charge is 2.53. The molecule has 154 valence electrons. The third-order valence-corrected chi connectivity index (χ3v) is 6.19. The number of carbonyl (C=O) groups is 1. The summed E-state index contributed by atoms with van der Waals surface area (Å²) in [4.78, 5) is 17.3. The lowest BCUT2D eigenvalue weighted by molar-refractivity contribution is -0.146. The first-order valence-electron chi connectivity index (χ1n) is 10.6. The molecule has 4 nitrogen and oxygen atoms in total. The normalized spacial score (nSPS) is 15.8. The molecule has 0 spiro atoms. The van der Waals surface area contributed by atoms with Crippen LogP contribution in [-0.4, -0.2) is 40.9 Å². The molecule has 0 unspecified atom stereocenters. The van der Waals surface area contributed by atoms with Gasteiger partial charge in [0.25, 0.3) is 0 Å². The number of rotatable bonds is 8. The van der Waals surface area contributed by atoms with Gasteiger partial charge in [0, 0.05) is 19.6 Å². The maximum atomic E-state index is 12.7. The molecule has 1 saturated heterocycles. The number of likely N-dealkylation sites (N-methyl/N-ethyl adjacent to an activating group) is 1. The van der Waals surface area contributed by atoms with Crippen molar-refractivity contribution >= 4 is 5.91 Å². The molecule has 4 rings (SSSR count). The van der Waals surface area contributed by atoms with Crippen LogP contribution in [0.15, 0.2) is 91.0 Å². The minimum absolute atomic E-state index is 0.107. The van der Waals surface area contributed by atoms with Crippen molar-refractivity contribution in [1.29, 1.82) is 0 Å². The van der Waals surface area contributed by atoms with E-state index in [9.17, 15) is 4.79 Å². The van der Waals surface area contributed by atoms with Crippen molar-refractivity contribution in [3.05, 3.63) is 108 Å². The molecule has 1 heterocycles. The highest BCUT2D eigenvalue weighted by molar-refractivity contribution is 5.86. The summed E-state index contributed by atoms with van der Waals surface area (Å²) in [6.45, 7) is 4.83. The first kappa shape index (κ1) is 20.3. The van der Waals surface area contributed by atoms with Crippen molar-refractivity contribution < 1.29 is 4.79 Å².